The number of hydrogen-bond donors (Lipinski definition) is 1. The third kappa shape index (κ3) is 4.65. The van der Waals surface area contributed by atoms with Crippen LogP contribution in [0.5, 0.6) is 0 Å². The Labute approximate surface area is 209 Å². The largest absolute Gasteiger partial charge is 0.328 e. The van der Waals surface area contributed by atoms with Gasteiger partial charge in [0.15, 0.2) is 5.82 Å². The van der Waals surface area contributed by atoms with Crippen LogP contribution in [-0.2, 0) is 17.8 Å². The number of carbonyl (C=O) groups is 1. The number of ketones is 1. The lowest BCUT2D eigenvalue weighted by molar-refractivity contribution is -0.121. The Morgan fingerprint density at radius 3 is 2.67 bits per heavy atom. The molecule has 9 heteroatoms. The molecule has 1 aliphatic carbocycles. The molecule has 1 aliphatic rings. The van der Waals surface area contributed by atoms with Gasteiger partial charge in [-0.15, -0.1) is 5.10 Å². The Bertz CT molecular complexity index is 1390. The van der Waals surface area contributed by atoms with Crippen molar-refractivity contribution in [1.82, 2.24) is 34.7 Å². The lowest BCUT2D eigenvalue weighted by Crippen LogP contribution is -2.31. The molecule has 186 valence electrons. The van der Waals surface area contributed by atoms with E-state index in [4.69, 9.17) is 4.98 Å². The molecule has 0 saturated heterocycles. The zero-order valence-electron chi connectivity index (χ0n) is 20.7. The summed E-state index contributed by atoms with van der Waals surface area (Å²) in [7, 11) is 0. The standard InChI is InChI=1S/C27H31N7O2/c1-3-4-8-20-17-34(25-12-7-11-21(25)18(2)35)27(36)33(20)16-19-13-14-24(28-15-19)22-9-5-6-10-23(22)26-29-31-32-30-26/h5-6,9-10,13-15,17,21,25H,3-4,7-8,11-12,16H2,1-2H3,(H,29,30,31,32). The molecule has 9 nitrogen and oxygen atoms in total. The number of carbonyl (C=O) groups excluding carboxylic acids is 1. The van der Waals surface area contributed by atoms with Gasteiger partial charge in [-0.05, 0) is 54.7 Å². The number of nitrogens with zero attached hydrogens (tertiary/aromatic N) is 6. The Morgan fingerprint density at radius 2 is 1.97 bits per heavy atom. The fourth-order valence-electron chi connectivity index (χ4n) is 5.31. The number of pyridine rings is 1. The van der Waals surface area contributed by atoms with E-state index in [9.17, 15) is 9.59 Å². The number of rotatable bonds is 9. The first-order valence-corrected chi connectivity index (χ1v) is 12.7. The minimum atomic E-state index is -0.0712. The molecule has 36 heavy (non-hydrogen) atoms. The molecular formula is C27H31N7O2. The maximum absolute atomic E-state index is 13.5. The van der Waals surface area contributed by atoms with Gasteiger partial charge in [-0.1, -0.05) is 50.1 Å². The van der Waals surface area contributed by atoms with Crippen molar-refractivity contribution in [1.29, 1.82) is 0 Å². The predicted molar refractivity (Wildman–Crippen MR) is 136 cm³/mol. The van der Waals surface area contributed by atoms with Gasteiger partial charge >= 0.3 is 5.69 Å². The van der Waals surface area contributed by atoms with Gasteiger partial charge in [0.1, 0.15) is 5.78 Å². The van der Waals surface area contributed by atoms with Crippen molar-refractivity contribution in [2.75, 3.05) is 0 Å². The van der Waals surface area contributed by atoms with Crippen molar-refractivity contribution in [3.63, 3.8) is 0 Å². The Morgan fingerprint density at radius 1 is 1.14 bits per heavy atom. The molecule has 0 bridgehead atoms. The molecule has 1 fully saturated rings. The summed E-state index contributed by atoms with van der Waals surface area (Å²) >= 11 is 0. The summed E-state index contributed by atoms with van der Waals surface area (Å²) in [5.74, 6) is 0.687. The van der Waals surface area contributed by atoms with E-state index in [0.717, 1.165) is 66.6 Å². The Hall–Kier alpha value is -3.88. The molecule has 2 atom stereocenters. The van der Waals surface area contributed by atoms with E-state index >= 15 is 0 Å². The number of tetrazole rings is 1. The number of nitrogens with one attached hydrogen (secondary N) is 1. The van der Waals surface area contributed by atoms with Crippen LogP contribution in [0.4, 0.5) is 0 Å². The van der Waals surface area contributed by atoms with E-state index in [1.54, 1.807) is 6.92 Å². The zero-order chi connectivity index (χ0) is 25.1. The van der Waals surface area contributed by atoms with Crippen molar-refractivity contribution >= 4 is 5.78 Å². The summed E-state index contributed by atoms with van der Waals surface area (Å²) in [6.07, 6.45) is 9.42. The van der Waals surface area contributed by atoms with Crippen LogP contribution in [-0.4, -0.2) is 40.5 Å². The van der Waals surface area contributed by atoms with Gasteiger partial charge in [-0.3, -0.25) is 18.9 Å². The van der Waals surface area contributed by atoms with Crippen LogP contribution in [0.15, 0.2) is 53.6 Å². The van der Waals surface area contributed by atoms with Crippen molar-refractivity contribution in [2.45, 2.75) is 65.0 Å². The fraction of sp³-hybridized carbons (Fsp3) is 0.407. The number of Topliss-reactive ketones (excluding diaryl/α,β-unsaturated/α-hetero) is 1. The summed E-state index contributed by atoms with van der Waals surface area (Å²) in [6.45, 7) is 4.24. The molecule has 1 saturated carbocycles. The monoisotopic (exact) mass is 485 g/mol. The third-order valence-corrected chi connectivity index (χ3v) is 7.20. The lowest BCUT2D eigenvalue weighted by atomic mass is 9.99. The zero-order valence-corrected chi connectivity index (χ0v) is 20.7. The summed E-state index contributed by atoms with van der Waals surface area (Å²) in [5.41, 5.74) is 4.53. The molecule has 3 heterocycles. The molecule has 1 aromatic carbocycles. The van der Waals surface area contributed by atoms with Gasteiger partial charge < -0.3 is 0 Å². The summed E-state index contributed by atoms with van der Waals surface area (Å²) < 4.78 is 3.68. The van der Waals surface area contributed by atoms with E-state index < -0.39 is 0 Å². The molecule has 0 aliphatic heterocycles. The molecule has 4 aromatic rings. The maximum atomic E-state index is 13.5. The average molecular weight is 486 g/mol. The molecular weight excluding hydrogens is 454 g/mol. The van der Waals surface area contributed by atoms with E-state index in [0.29, 0.717) is 12.4 Å². The quantitative estimate of drug-likeness (QED) is 0.380. The first-order chi connectivity index (χ1) is 17.6. The van der Waals surface area contributed by atoms with Crippen LogP contribution in [0.2, 0.25) is 0 Å². The number of benzene rings is 1. The van der Waals surface area contributed by atoms with E-state index in [2.05, 4.69) is 27.5 Å². The third-order valence-electron chi connectivity index (χ3n) is 7.20. The molecule has 3 aromatic heterocycles. The Kier molecular flexibility index (Phi) is 6.88. The van der Waals surface area contributed by atoms with Gasteiger partial charge in [-0.25, -0.2) is 9.89 Å². The van der Waals surface area contributed by atoms with Crippen LogP contribution in [0.3, 0.4) is 0 Å². The first kappa shape index (κ1) is 23.8. The van der Waals surface area contributed by atoms with E-state index in [-0.39, 0.29) is 23.4 Å². The summed E-state index contributed by atoms with van der Waals surface area (Å²) in [4.78, 5) is 30.5. The number of H-pyrrole nitrogens is 1. The van der Waals surface area contributed by atoms with Crippen LogP contribution in [0.1, 0.15) is 63.3 Å². The van der Waals surface area contributed by atoms with Crippen LogP contribution >= 0.6 is 0 Å². The second-order valence-electron chi connectivity index (χ2n) is 9.56. The second-order valence-corrected chi connectivity index (χ2v) is 9.56. The van der Waals surface area contributed by atoms with Crippen molar-refractivity contribution in [3.8, 4) is 22.6 Å². The van der Waals surface area contributed by atoms with Crippen LogP contribution in [0.25, 0.3) is 22.6 Å². The van der Waals surface area contributed by atoms with Gasteiger partial charge in [0.2, 0.25) is 0 Å². The SMILES string of the molecule is CCCCc1cn(C2CCCC2C(C)=O)c(=O)n1Cc1ccc(-c2ccccc2-c2nnn[nH]2)nc1. The van der Waals surface area contributed by atoms with Crippen molar-refractivity contribution < 1.29 is 4.79 Å². The van der Waals surface area contributed by atoms with Crippen LogP contribution < -0.4 is 5.69 Å². The molecule has 0 amide bonds. The Balaban J connectivity index is 1.44. The van der Waals surface area contributed by atoms with Gasteiger partial charge in [0, 0.05) is 41.2 Å². The molecule has 0 radical (unpaired) electrons. The number of imidazole rings is 1. The van der Waals surface area contributed by atoms with E-state index in [1.807, 2.05) is 57.9 Å². The highest BCUT2D eigenvalue weighted by atomic mass is 16.2. The smallest absolute Gasteiger partial charge is 0.300 e. The molecule has 5 rings (SSSR count). The fourth-order valence-corrected chi connectivity index (χ4v) is 5.31. The van der Waals surface area contributed by atoms with Gasteiger partial charge in [0.05, 0.1) is 12.2 Å². The van der Waals surface area contributed by atoms with Gasteiger partial charge in [0.25, 0.3) is 0 Å². The second kappa shape index (κ2) is 10.4. The normalized spacial score (nSPS) is 17.5. The van der Waals surface area contributed by atoms with E-state index in [1.165, 1.54) is 0 Å². The molecule has 2 unspecified atom stereocenters. The minimum absolute atomic E-state index is 0.0357. The first-order valence-electron chi connectivity index (χ1n) is 12.7. The highest BCUT2D eigenvalue weighted by molar-refractivity contribution is 5.79. The number of unbranched alkanes of at least 4 members (excludes halogenated alkanes) is 1. The highest BCUT2D eigenvalue weighted by Gasteiger charge is 2.33. The number of aryl methyl sites for hydroxylation is 1. The number of hydrogen-bond acceptors (Lipinski definition) is 6. The maximum Gasteiger partial charge on any atom is 0.328 e. The highest BCUT2D eigenvalue weighted by Crippen LogP contribution is 2.36. The minimum Gasteiger partial charge on any atom is -0.300 e. The number of aromatic amines is 1. The summed E-state index contributed by atoms with van der Waals surface area (Å²) in [5, 5.41) is 14.2. The average Bonchev–Trinajstić information content (AvgIpc) is 3.65. The number of aromatic nitrogens is 7. The van der Waals surface area contributed by atoms with Crippen LogP contribution in [0, 0.1) is 5.92 Å². The lowest BCUT2D eigenvalue weighted by Gasteiger charge is -2.17. The van der Waals surface area contributed by atoms with Gasteiger partial charge in [-0.2, -0.15) is 0 Å². The topological polar surface area (TPSA) is 111 Å². The summed E-state index contributed by atoms with van der Waals surface area (Å²) in [6, 6.07) is 11.8. The molecule has 0 spiro atoms. The van der Waals surface area contributed by atoms with Crippen molar-refractivity contribution in [3.05, 3.63) is 70.5 Å². The molecule has 1 N–H and O–H groups in total. The predicted octanol–water partition coefficient (Wildman–Crippen LogP) is 4.21. The van der Waals surface area contributed by atoms with Crippen molar-refractivity contribution in [2.24, 2.45) is 5.92 Å².